The van der Waals surface area contributed by atoms with Crippen LogP contribution < -0.4 is 5.32 Å². The summed E-state index contributed by atoms with van der Waals surface area (Å²) in [4.78, 5) is 7.90. The van der Waals surface area contributed by atoms with Crippen LogP contribution in [0.1, 0.15) is 38.1 Å². The number of morpholine rings is 1. The van der Waals surface area contributed by atoms with E-state index in [1.165, 1.54) is 17.4 Å². The van der Waals surface area contributed by atoms with E-state index in [2.05, 4.69) is 36.1 Å². The predicted octanol–water partition coefficient (Wildman–Crippen LogP) is 3.71. The first-order valence-corrected chi connectivity index (χ1v) is 10.4. The minimum absolute atomic E-state index is 0.000176. The molecule has 1 N–H and O–H groups in total. The second-order valence-corrected chi connectivity index (χ2v) is 9.07. The van der Waals surface area contributed by atoms with Gasteiger partial charge < -0.3 is 10.1 Å². The van der Waals surface area contributed by atoms with Gasteiger partial charge in [-0.3, -0.25) is 4.90 Å². The lowest BCUT2D eigenvalue weighted by Gasteiger charge is -2.34. The molecule has 8 heteroatoms. The molecule has 0 bridgehead atoms. The molecule has 1 saturated heterocycles. The summed E-state index contributed by atoms with van der Waals surface area (Å²) < 4.78 is 21.1. The fourth-order valence-corrected chi connectivity index (χ4v) is 4.17. The maximum Gasteiger partial charge on any atom is 0.214 e. The maximum atomic E-state index is 13.8. The second-order valence-electron chi connectivity index (χ2n) is 8.11. The molecule has 28 heavy (non-hydrogen) atoms. The molecule has 1 aromatic carbocycles. The molecule has 1 unspecified atom stereocenters. The molecule has 0 amide bonds. The molecular formula is C20H26FN5OS. The highest BCUT2D eigenvalue weighted by Gasteiger charge is 2.24. The molecule has 1 aliphatic heterocycles. The van der Waals surface area contributed by atoms with Crippen LogP contribution in [-0.2, 0) is 10.2 Å². The van der Waals surface area contributed by atoms with E-state index < -0.39 is 0 Å². The molecule has 1 fully saturated rings. The van der Waals surface area contributed by atoms with Crippen LogP contribution in [0.15, 0.2) is 30.5 Å². The lowest BCUT2D eigenvalue weighted by molar-refractivity contribution is 0.0186. The first-order valence-electron chi connectivity index (χ1n) is 9.58. The van der Waals surface area contributed by atoms with E-state index in [1.807, 2.05) is 16.8 Å². The Hall–Kier alpha value is -2.03. The summed E-state index contributed by atoms with van der Waals surface area (Å²) in [6.07, 6.45) is 1.99. The number of nitrogens with one attached hydrogen (secondary N) is 1. The predicted molar refractivity (Wildman–Crippen MR) is 110 cm³/mol. The van der Waals surface area contributed by atoms with Crippen LogP contribution in [0.25, 0.3) is 4.96 Å². The largest absolute Gasteiger partial charge is 0.379 e. The van der Waals surface area contributed by atoms with Crippen molar-refractivity contribution in [3.63, 3.8) is 0 Å². The van der Waals surface area contributed by atoms with Gasteiger partial charge in [0.15, 0.2) is 0 Å². The molecule has 2 aromatic heterocycles. The van der Waals surface area contributed by atoms with E-state index in [1.54, 1.807) is 12.1 Å². The normalized spacial score (nSPS) is 17.1. The number of hydrogen-bond acceptors (Lipinski definition) is 6. The van der Waals surface area contributed by atoms with Gasteiger partial charge in [0.1, 0.15) is 5.82 Å². The van der Waals surface area contributed by atoms with E-state index in [9.17, 15) is 4.39 Å². The molecule has 3 heterocycles. The number of nitrogens with zero attached hydrogens (tertiary/aromatic N) is 4. The van der Waals surface area contributed by atoms with Gasteiger partial charge in [0, 0.05) is 25.0 Å². The third-order valence-electron chi connectivity index (χ3n) is 4.98. The SMILES string of the molecule is CC(C)(C)c1cn2nc(NCC(c3cccc(F)c3)N3CCOCC3)sc2n1. The zero-order valence-electron chi connectivity index (χ0n) is 16.5. The quantitative estimate of drug-likeness (QED) is 0.704. The Kier molecular flexibility index (Phi) is 5.35. The highest BCUT2D eigenvalue weighted by Crippen LogP contribution is 2.27. The Labute approximate surface area is 168 Å². The average Bonchev–Trinajstić information content (AvgIpc) is 3.21. The summed E-state index contributed by atoms with van der Waals surface area (Å²) in [5.74, 6) is -0.210. The minimum atomic E-state index is -0.210. The van der Waals surface area contributed by atoms with Crippen molar-refractivity contribution >= 4 is 21.4 Å². The van der Waals surface area contributed by atoms with E-state index in [4.69, 9.17) is 9.72 Å². The standard InChI is InChI=1S/C20H26FN5OS/c1-20(2,3)17-13-26-19(23-17)28-18(24-26)22-12-16(25-7-9-27-10-8-25)14-5-4-6-15(21)11-14/h4-6,11,13,16H,7-10,12H2,1-3H3,(H,22,24). The summed E-state index contributed by atoms with van der Waals surface area (Å²) >= 11 is 1.53. The van der Waals surface area contributed by atoms with Crippen molar-refractivity contribution in [2.24, 2.45) is 0 Å². The van der Waals surface area contributed by atoms with E-state index >= 15 is 0 Å². The molecule has 0 radical (unpaired) electrons. The van der Waals surface area contributed by atoms with E-state index in [0.717, 1.165) is 34.4 Å². The third kappa shape index (κ3) is 4.19. The lowest BCUT2D eigenvalue weighted by Crippen LogP contribution is -2.41. The Morgan fingerprint density at radius 2 is 2.07 bits per heavy atom. The summed E-state index contributed by atoms with van der Waals surface area (Å²) in [6.45, 7) is 10.1. The molecule has 0 spiro atoms. The summed E-state index contributed by atoms with van der Waals surface area (Å²) in [5, 5.41) is 8.87. The van der Waals surface area contributed by atoms with E-state index in [0.29, 0.717) is 19.8 Å². The van der Waals surface area contributed by atoms with Crippen LogP contribution in [0.2, 0.25) is 0 Å². The molecule has 3 aromatic rings. The molecular weight excluding hydrogens is 377 g/mol. The number of fused-ring (bicyclic) bond motifs is 1. The summed E-state index contributed by atoms with van der Waals surface area (Å²) in [6, 6.07) is 6.90. The fourth-order valence-electron chi connectivity index (χ4n) is 3.38. The van der Waals surface area contributed by atoms with Crippen LogP contribution in [0, 0.1) is 5.82 Å². The zero-order chi connectivity index (χ0) is 19.7. The van der Waals surface area contributed by atoms with Crippen LogP contribution in [0.4, 0.5) is 9.52 Å². The zero-order valence-corrected chi connectivity index (χ0v) is 17.3. The molecule has 1 aliphatic rings. The van der Waals surface area contributed by atoms with Crippen molar-refractivity contribution < 1.29 is 9.13 Å². The van der Waals surface area contributed by atoms with Crippen molar-refractivity contribution in [2.75, 3.05) is 38.2 Å². The monoisotopic (exact) mass is 403 g/mol. The van der Waals surface area contributed by atoms with Crippen LogP contribution in [0.5, 0.6) is 0 Å². The average molecular weight is 404 g/mol. The number of rotatable bonds is 5. The number of imidazole rings is 1. The van der Waals surface area contributed by atoms with Gasteiger partial charge in [-0.15, -0.1) is 5.10 Å². The van der Waals surface area contributed by atoms with Crippen LogP contribution in [-0.4, -0.2) is 52.3 Å². The molecule has 0 aliphatic carbocycles. The van der Waals surface area contributed by atoms with Crippen molar-refractivity contribution in [3.8, 4) is 0 Å². The Morgan fingerprint density at radius 3 is 2.75 bits per heavy atom. The summed E-state index contributed by atoms with van der Waals surface area (Å²) in [5.41, 5.74) is 1.99. The van der Waals surface area contributed by atoms with Gasteiger partial charge in [-0.25, -0.2) is 13.9 Å². The smallest absolute Gasteiger partial charge is 0.214 e. The van der Waals surface area contributed by atoms with Crippen molar-refractivity contribution in [3.05, 3.63) is 47.5 Å². The van der Waals surface area contributed by atoms with Crippen molar-refractivity contribution in [1.82, 2.24) is 19.5 Å². The highest BCUT2D eigenvalue weighted by atomic mass is 32.1. The topological polar surface area (TPSA) is 54.7 Å². The van der Waals surface area contributed by atoms with Gasteiger partial charge in [0.25, 0.3) is 0 Å². The number of aromatic nitrogens is 3. The number of ether oxygens (including phenoxy) is 1. The number of anilines is 1. The molecule has 150 valence electrons. The molecule has 6 nitrogen and oxygen atoms in total. The van der Waals surface area contributed by atoms with Gasteiger partial charge in [-0.05, 0) is 17.7 Å². The Balaban J connectivity index is 1.52. The number of hydrogen-bond donors (Lipinski definition) is 1. The van der Waals surface area contributed by atoms with Crippen molar-refractivity contribution in [1.29, 1.82) is 0 Å². The number of benzene rings is 1. The van der Waals surface area contributed by atoms with Gasteiger partial charge in [0.2, 0.25) is 10.1 Å². The third-order valence-corrected chi connectivity index (χ3v) is 5.86. The highest BCUT2D eigenvalue weighted by molar-refractivity contribution is 7.20. The Morgan fingerprint density at radius 1 is 1.29 bits per heavy atom. The second kappa shape index (κ2) is 7.77. The molecule has 1 atom stereocenters. The van der Waals surface area contributed by atoms with Crippen LogP contribution >= 0.6 is 11.3 Å². The Bertz CT molecular complexity index is 910. The fraction of sp³-hybridized carbons (Fsp3) is 0.500. The van der Waals surface area contributed by atoms with Crippen LogP contribution in [0.3, 0.4) is 0 Å². The first-order chi connectivity index (χ1) is 13.4. The van der Waals surface area contributed by atoms with Crippen molar-refractivity contribution in [2.45, 2.75) is 32.2 Å². The maximum absolute atomic E-state index is 13.8. The van der Waals surface area contributed by atoms with Gasteiger partial charge in [-0.2, -0.15) is 0 Å². The summed E-state index contributed by atoms with van der Waals surface area (Å²) in [7, 11) is 0. The molecule has 4 rings (SSSR count). The van der Waals surface area contributed by atoms with Gasteiger partial charge in [-0.1, -0.05) is 44.2 Å². The van der Waals surface area contributed by atoms with Gasteiger partial charge >= 0.3 is 0 Å². The minimum Gasteiger partial charge on any atom is -0.379 e. The van der Waals surface area contributed by atoms with E-state index in [-0.39, 0.29) is 17.3 Å². The molecule has 0 saturated carbocycles. The first kappa shape index (κ1) is 19.3. The number of halogens is 1. The van der Waals surface area contributed by atoms with Gasteiger partial charge in [0.05, 0.1) is 31.1 Å². The lowest BCUT2D eigenvalue weighted by atomic mass is 9.93.